The van der Waals surface area contributed by atoms with Gasteiger partial charge in [-0.3, -0.25) is 4.68 Å². The average Bonchev–Trinajstić information content (AvgIpc) is 2.76. The van der Waals surface area contributed by atoms with E-state index in [4.69, 9.17) is 23.2 Å². The minimum Gasteiger partial charge on any atom is -0.364 e. The van der Waals surface area contributed by atoms with Crippen LogP contribution in [0.4, 0.5) is 5.82 Å². The van der Waals surface area contributed by atoms with Crippen molar-refractivity contribution in [2.75, 3.05) is 5.32 Å². The SMILES string of the molecule is CCn1ccc(NCc2ccc(Cl)cc2Cl)n1. The molecule has 1 aromatic carbocycles. The third-order valence-corrected chi connectivity index (χ3v) is 3.03. The van der Waals surface area contributed by atoms with Crippen molar-refractivity contribution >= 4 is 29.0 Å². The quantitative estimate of drug-likeness (QED) is 0.915. The Morgan fingerprint density at radius 1 is 1.29 bits per heavy atom. The van der Waals surface area contributed by atoms with Crippen LogP contribution in [0, 0.1) is 0 Å². The highest BCUT2D eigenvalue weighted by atomic mass is 35.5. The van der Waals surface area contributed by atoms with Gasteiger partial charge in [0.05, 0.1) is 0 Å². The number of hydrogen-bond acceptors (Lipinski definition) is 2. The van der Waals surface area contributed by atoms with E-state index in [2.05, 4.69) is 10.4 Å². The van der Waals surface area contributed by atoms with E-state index in [1.54, 1.807) is 6.07 Å². The summed E-state index contributed by atoms with van der Waals surface area (Å²) in [7, 11) is 0. The molecule has 0 saturated heterocycles. The summed E-state index contributed by atoms with van der Waals surface area (Å²) in [5, 5.41) is 8.86. The molecule has 1 N–H and O–H groups in total. The third-order valence-electron chi connectivity index (χ3n) is 2.44. The Morgan fingerprint density at radius 2 is 2.12 bits per heavy atom. The van der Waals surface area contributed by atoms with Gasteiger partial charge in [-0.25, -0.2) is 0 Å². The molecule has 0 aliphatic rings. The van der Waals surface area contributed by atoms with Gasteiger partial charge in [-0.05, 0) is 24.6 Å². The Labute approximate surface area is 110 Å². The van der Waals surface area contributed by atoms with Crippen LogP contribution >= 0.6 is 23.2 Å². The molecule has 0 aliphatic heterocycles. The summed E-state index contributed by atoms with van der Waals surface area (Å²) in [5.74, 6) is 0.845. The zero-order chi connectivity index (χ0) is 12.3. The molecular weight excluding hydrogens is 257 g/mol. The van der Waals surface area contributed by atoms with Crippen molar-refractivity contribution in [3.8, 4) is 0 Å². The lowest BCUT2D eigenvalue weighted by molar-refractivity contribution is 0.661. The summed E-state index contributed by atoms with van der Waals surface area (Å²) in [6.45, 7) is 3.55. The number of benzene rings is 1. The molecule has 2 rings (SSSR count). The second-order valence-electron chi connectivity index (χ2n) is 3.65. The molecule has 90 valence electrons. The summed E-state index contributed by atoms with van der Waals surface area (Å²) >= 11 is 11.9. The smallest absolute Gasteiger partial charge is 0.148 e. The number of anilines is 1. The van der Waals surface area contributed by atoms with Gasteiger partial charge in [0, 0.05) is 35.4 Å². The lowest BCUT2D eigenvalue weighted by Gasteiger charge is -2.05. The number of rotatable bonds is 4. The molecule has 0 bridgehead atoms. The maximum atomic E-state index is 6.08. The van der Waals surface area contributed by atoms with Gasteiger partial charge in [-0.1, -0.05) is 29.3 Å². The van der Waals surface area contributed by atoms with E-state index in [-0.39, 0.29) is 0 Å². The van der Waals surface area contributed by atoms with Crippen LogP contribution in [0.1, 0.15) is 12.5 Å². The average molecular weight is 270 g/mol. The Kier molecular flexibility index (Phi) is 3.92. The summed E-state index contributed by atoms with van der Waals surface area (Å²) in [4.78, 5) is 0. The first-order valence-electron chi connectivity index (χ1n) is 5.40. The fourth-order valence-electron chi connectivity index (χ4n) is 1.48. The van der Waals surface area contributed by atoms with Crippen molar-refractivity contribution in [1.29, 1.82) is 0 Å². The van der Waals surface area contributed by atoms with Crippen molar-refractivity contribution in [3.63, 3.8) is 0 Å². The molecule has 17 heavy (non-hydrogen) atoms. The van der Waals surface area contributed by atoms with Crippen LogP contribution in [0.25, 0.3) is 0 Å². The summed E-state index contributed by atoms with van der Waals surface area (Å²) in [6, 6.07) is 7.42. The molecule has 1 heterocycles. The van der Waals surface area contributed by atoms with Crippen LogP contribution in [0.2, 0.25) is 10.0 Å². The van der Waals surface area contributed by atoms with E-state index in [1.165, 1.54) is 0 Å². The van der Waals surface area contributed by atoms with Crippen LogP contribution < -0.4 is 5.32 Å². The highest BCUT2D eigenvalue weighted by Crippen LogP contribution is 2.21. The molecule has 0 fully saturated rings. The van der Waals surface area contributed by atoms with Gasteiger partial charge in [-0.15, -0.1) is 0 Å². The fraction of sp³-hybridized carbons (Fsp3) is 0.250. The van der Waals surface area contributed by atoms with E-state index < -0.39 is 0 Å². The lowest BCUT2D eigenvalue weighted by Crippen LogP contribution is -2.02. The topological polar surface area (TPSA) is 29.9 Å². The summed E-state index contributed by atoms with van der Waals surface area (Å²) in [5.41, 5.74) is 1.00. The Bertz CT molecular complexity index is 508. The van der Waals surface area contributed by atoms with Crippen LogP contribution in [-0.2, 0) is 13.1 Å². The molecule has 0 unspecified atom stereocenters. The maximum absolute atomic E-state index is 6.08. The van der Waals surface area contributed by atoms with Crippen molar-refractivity contribution in [2.24, 2.45) is 0 Å². The van der Waals surface area contributed by atoms with Gasteiger partial charge in [0.1, 0.15) is 5.82 Å². The molecule has 0 radical (unpaired) electrons. The minimum atomic E-state index is 0.636. The minimum absolute atomic E-state index is 0.636. The lowest BCUT2D eigenvalue weighted by atomic mass is 10.2. The second-order valence-corrected chi connectivity index (χ2v) is 4.49. The first kappa shape index (κ1) is 12.3. The third kappa shape index (κ3) is 3.14. The second kappa shape index (κ2) is 5.43. The Hall–Kier alpha value is -1.19. The Morgan fingerprint density at radius 3 is 2.76 bits per heavy atom. The molecule has 0 spiro atoms. The van der Waals surface area contributed by atoms with Crippen LogP contribution in [0.5, 0.6) is 0 Å². The monoisotopic (exact) mass is 269 g/mol. The number of halogens is 2. The van der Waals surface area contributed by atoms with Crippen molar-refractivity contribution in [1.82, 2.24) is 9.78 Å². The van der Waals surface area contributed by atoms with Crippen molar-refractivity contribution in [2.45, 2.75) is 20.0 Å². The van der Waals surface area contributed by atoms with Gasteiger partial charge in [-0.2, -0.15) is 5.10 Å². The van der Waals surface area contributed by atoms with Gasteiger partial charge >= 0.3 is 0 Å². The molecule has 0 amide bonds. The molecule has 0 atom stereocenters. The predicted molar refractivity (Wildman–Crippen MR) is 71.7 cm³/mol. The number of nitrogens with zero attached hydrogens (tertiary/aromatic N) is 2. The molecule has 0 saturated carbocycles. The van der Waals surface area contributed by atoms with Gasteiger partial charge in [0.25, 0.3) is 0 Å². The number of hydrogen-bond donors (Lipinski definition) is 1. The van der Waals surface area contributed by atoms with E-state index >= 15 is 0 Å². The largest absolute Gasteiger partial charge is 0.364 e. The van der Waals surface area contributed by atoms with Crippen LogP contribution in [0.15, 0.2) is 30.5 Å². The molecular formula is C12H13Cl2N3. The van der Waals surface area contributed by atoms with Gasteiger partial charge < -0.3 is 5.32 Å². The first-order chi connectivity index (χ1) is 8.19. The Balaban J connectivity index is 2.02. The molecule has 3 nitrogen and oxygen atoms in total. The maximum Gasteiger partial charge on any atom is 0.148 e. The zero-order valence-corrected chi connectivity index (χ0v) is 11.0. The van der Waals surface area contributed by atoms with Crippen molar-refractivity contribution in [3.05, 3.63) is 46.1 Å². The molecule has 1 aromatic heterocycles. The highest BCUT2D eigenvalue weighted by Gasteiger charge is 2.02. The van der Waals surface area contributed by atoms with Crippen molar-refractivity contribution < 1.29 is 0 Å². The van der Waals surface area contributed by atoms with Gasteiger partial charge in [0.2, 0.25) is 0 Å². The summed E-state index contributed by atoms with van der Waals surface area (Å²) in [6.07, 6.45) is 1.94. The van der Waals surface area contributed by atoms with E-state index in [9.17, 15) is 0 Å². The van der Waals surface area contributed by atoms with Crippen LogP contribution in [0.3, 0.4) is 0 Å². The molecule has 2 aromatic rings. The van der Waals surface area contributed by atoms with Gasteiger partial charge in [0.15, 0.2) is 0 Å². The van der Waals surface area contributed by atoms with E-state index in [0.717, 1.165) is 17.9 Å². The predicted octanol–water partition coefficient (Wildman–Crippen LogP) is 3.82. The first-order valence-corrected chi connectivity index (χ1v) is 6.16. The number of nitrogens with one attached hydrogen (secondary N) is 1. The highest BCUT2D eigenvalue weighted by molar-refractivity contribution is 6.35. The van der Waals surface area contributed by atoms with Crippen LogP contribution in [-0.4, -0.2) is 9.78 Å². The summed E-state index contributed by atoms with van der Waals surface area (Å²) < 4.78 is 1.87. The normalized spacial score (nSPS) is 10.5. The number of aryl methyl sites for hydroxylation is 1. The standard InChI is InChI=1S/C12H13Cl2N3/c1-2-17-6-5-12(16-17)15-8-9-3-4-10(13)7-11(9)14/h3-7H,2,8H2,1H3,(H,15,16). The van der Waals surface area contributed by atoms with E-state index in [0.29, 0.717) is 16.6 Å². The zero-order valence-electron chi connectivity index (χ0n) is 9.45. The number of aromatic nitrogens is 2. The molecule has 5 heteroatoms. The fourth-order valence-corrected chi connectivity index (χ4v) is 1.96. The van der Waals surface area contributed by atoms with E-state index in [1.807, 2.05) is 36.0 Å². The molecule has 0 aliphatic carbocycles.